The zero-order valence-corrected chi connectivity index (χ0v) is 12.5. The highest BCUT2D eigenvalue weighted by Gasteiger charge is 2.22. The van der Waals surface area contributed by atoms with Gasteiger partial charge in [0.1, 0.15) is 5.82 Å². The highest BCUT2D eigenvalue weighted by Crippen LogP contribution is 2.21. The van der Waals surface area contributed by atoms with Crippen molar-refractivity contribution in [2.45, 2.75) is 38.4 Å². The van der Waals surface area contributed by atoms with Crippen LogP contribution in [0.15, 0.2) is 22.7 Å². The summed E-state index contributed by atoms with van der Waals surface area (Å²) in [5, 5.41) is 3.47. The van der Waals surface area contributed by atoms with Crippen LogP contribution in [-0.2, 0) is 6.54 Å². The van der Waals surface area contributed by atoms with Crippen LogP contribution >= 0.6 is 15.9 Å². The molecule has 0 unspecified atom stereocenters. The minimum atomic E-state index is -0.141. The van der Waals surface area contributed by atoms with E-state index in [9.17, 15) is 4.39 Å². The van der Waals surface area contributed by atoms with Gasteiger partial charge in [-0.05, 0) is 45.5 Å². The summed E-state index contributed by atoms with van der Waals surface area (Å²) in [6.45, 7) is 3.94. The number of benzene rings is 1. The van der Waals surface area contributed by atoms with Crippen molar-refractivity contribution in [3.05, 3.63) is 34.1 Å². The van der Waals surface area contributed by atoms with E-state index in [1.54, 1.807) is 6.07 Å². The van der Waals surface area contributed by atoms with Gasteiger partial charge in [-0.2, -0.15) is 0 Å². The molecule has 1 aromatic rings. The second-order valence-corrected chi connectivity index (χ2v) is 5.99. The summed E-state index contributed by atoms with van der Waals surface area (Å²) in [6.07, 6.45) is 2.26. The lowest BCUT2D eigenvalue weighted by Gasteiger charge is -2.35. The van der Waals surface area contributed by atoms with Gasteiger partial charge in [-0.1, -0.05) is 22.0 Å². The number of halogens is 2. The maximum Gasteiger partial charge on any atom is 0.128 e. The van der Waals surface area contributed by atoms with Gasteiger partial charge in [-0.3, -0.25) is 0 Å². The van der Waals surface area contributed by atoms with Crippen LogP contribution in [0, 0.1) is 5.82 Å². The highest BCUT2D eigenvalue weighted by molar-refractivity contribution is 9.10. The molecule has 0 aliphatic carbocycles. The largest absolute Gasteiger partial charge is 0.310 e. The third-order valence-corrected chi connectivity index (χ3v) is 4.58. The Balaban J connectivity index is 1.92. The average molecular weight is 315 g/mol. The topological polar surface area (TPSA) is 15.3 Å². The summed E-state index contributed by atoms with van der Waals surface area (Å²) in [5.74, 6) is -0.141. The second kappa shape index (κ2) is 6.13. The number of nitrogens with zero attached hydrogens (tertiary/aromatic N) is 1. The first-order chi connectivity index (χ1) is 8.58. The van der Waals surface area contributed by atoms with Gasteiger partial charge in [0.25, 0.3) is 0 Å². The van der Waals surface area contributed by atoms with Crippen molar-refractivity contribution >= 4 is 15.9 Å². The van der Waals surface area contributed by atoms with Crippen LogP contribution in [0.2, 0.25) is 0 Å². The molecular weight excluding hydrogens is 295 g/mol. The second-order valence-electron chi connectivity index (χ2n) is 5.13. The fraction of sp³-hybridized carbons (Fsp3) is 0.571. The molecule has 1 aromatic carbocycles. The SMILES string of the molecule is C[C@H]1C[C@H](NCc2c(F)cccc2Br)CCN1C. The van der Waals surface area contributed by atoms with Crippen LogP contribution in [0.25, 0.3) is 0 Å². The van der Waals surface area contributed by atoms with Crippen molar-refractivity contribution in [2.24, 2.45) is 0 Å². The number of likely N-dealkylation sites (tertiary alicyclic amines) is 1. The predicted molar refractivity (Wildman–Crippen MR) is 76.1 cm³/mol. The van der Waals surface area contributed by atoms with Crippen LogP contribution in [0.1, 0.15) is 25.3 Å². The molecule has 0 spiro atoms. The Kier molecular flexibility index (Phi) is 4.76. The van der Waals surface area contributed by atoms with E-state index in [1.807, 2.05) is 6.07 Å². The molecule has 4 heteroatoms. The predicted octanol–water partition coefficient (Wildman–Crippen LogP) is 3.16. The Morgan fingerprint density at radius 3 is 2.94 bits per heavy atom. The normalized spacial score (nSPS) is 25.3. The maximum absolute atomic E-state index is 13.7. The summed E-state index contributed by atoms with van der Waals surface area (Å²) in [5.41, 5.74) is 0.726. The molecule has 1 N–H and O–H groups in total. The van der Waals surface area contributed by atoms with E-state index in [2.05, 4.69) is 40.1 Å². The van der Waals surface area contributed by atoms with Crippen molar-refractivity contribution in [3.8, 4) is 0 Å². The van der Waals surface area contributed by atoms with E-state index < -0.39 is 0 Å². The first kappa shape index (κ1) is 14.0. The van der Waals surface area contributed by atoms with Gasteiger partial charge >= 0.3 is 0 Å². The molecule has 1 saturated heterocycles. The molecule has 1 aliphatic heterocycles. The molecule has 1 aliphatic rings. The van der Waals surface area contributed by atoms with Crippen molar-refractivity contribution in [3.63, 3.8) is 0 Å². The average Bonchev–Trinajstić information content (AvgIpc) is 2.33. The standard InChI is InChI=1S/C14H20BrFN2/c1-10-8-11(6-7-18(10)2)17-9-12-13(15)4-3-5-14(12)16/h3-5,10-11,17H,6-9H2,1-2H3/t10-,11+/m0/s1. The smallest absolute Gasteiger partial charge is 0.128 e. The molecule has 0 amide bonds. The fourth-order valence-corrected chi connectivity index (χ4v) is 2.90. The molecule has 0 aromatic heterocycles. The monoisotopic (exact) mass is 314 g/mol. The maximum atomic E-state index is 13.7. The van der Waals surface area contributed by atoms with Gasteiger partial charge in [-0.15, -0.1) is 0 Å². The Labute approximate surface area is 117 Å². The van der Waals surface area contributed by atoms with Gasteiger partial charge in [0, 0.05) is 28.7 Å². The van der Waals surface area contributed by atoms with E-state index in [-0.39, 0.29) is 5.82 Å². The third kappa shape index (κ3) is 3.31. The van der Waals surface area contributed by atoms with E-state index in [1.165, 1.54) is 6.07 Å². The van der Waals surface area contributed by atoms with Gasteiger partial charge in [0.2, 0.25) is 0 Å². The zero-order valence-electron chi connectivity index (χ0n) is 10.9. The van der Waals surface area contributed by atoms with Crippen LogP contribution in [-0.4, -0.2) is 30.6 Å². The van der Waals surface area contributed by atoms with Gasteiger partial charge in [-0.25, -0.2) is 4.39 Å². The molecule has 1 heterocycles. The number of nitrogens with one attached hydrogen (secondary N) is 1. The third-order valence-electron chi connectivity index (χ3n) is 3.84. The van der Waals surface area contributed by atoms with E-state index in [4.69, 9.17) is 0 Å². The number of piperidine rings is 1. The minimum absolute atomic E-state index is 0.141. The van der Waals surface area contributed by atoms with Crippen LogP contribution in [0.3, 0.4) is 0 Å². The summed E-state index contributed by atoms with van der Waals surface area (Å²) < 4.78 is 14.5. The van der Waals surface area contributed by atoms with Crippen molar-refractivity contribution in [2.75, 3.05) is 13.6 Å². The lowest BCUT2D eigenvalue weighted by Crippen LogP contribution is -2.45. The Morgan fingerprint density at radius 1 is 1.50 bits per heavy atom. The molecule has 2 nitrogen and oxygen atoms in total. The zero-order chi connectivity index (χ0) is 13.1. The van der Waals surface area contributed by atoms with Crippen molar-refractivity contribution in [1.29, 1.82) is 0 Å². The van der Waals surface area contributed by atoms with Crippen molar-refractivity contribution in [1.82, 2.24) is 10.2 Å². The number of rotatable bonds is 3. The molecule has 0 saturated carbocycles. The molecule has 0 radical (unpaired) electrons. The molecule has 1 fully saturated rings. The summed E-state index contributed by atoms with van der Waals surface area (Å²) >= 11 is 3.41. The fourth-order valence-electron chi connectivity index (χ4n) is 2.42. The van der Waals surface area contributed by atoms with E-state index >= 15 is 0 Å². The van der Waals surface area contributed by atoms with Crippen LogP contribution in [0.4, 0.5) is 4.39 Å². The lowest BCUT2D eigenvalue weighted by atomic mass is 9.98. The Morgan fingerprint density at radius 2 is 2.28 bits per heavy atom. The van der Waals surface area contributed by atoms with Crippen LogP contribution < -0.4 is 5.32 Å². The molecule has 100 valence electrons. The van der Waals surface area contributed by atoms with E-state index in [0.29, 0.717) is 18.6 Å². The first-order valence-electron chi connectivity index (χ1n) is 6.44. The Hall–Kier alpha value is -0.450. The molecule has 18 heavy (non-hydrogen) atoms. The van der Waals surface area contributed by atoms with Gasteiger partial charge < -0.3 is 10.2 Å². The Bertz CT molecular complexity index is 391. The van der Waals surface area contributed by atoms with Gasteiger partial charge in [0.15, 0.2) is 0 Å². The van der Waals surface area contributed by atoms with Crippen molar-refractivity contribution < 1.29 is 4.39 Å². The molecule has 0 bridgehead atoms. The number of hydrogen-bond donors (Lipinski definition) is 1. The van der Waals surface area contributed by atoms with Crippen LogP contribution in [0.5, 0.6) is 0 Å². The lowest BCUT2D eigenvalue weighted by molar-refractivity contribution is 0.168. The quantitative estimate of drug-likeness (QED) is 0.922. The van der Waals surface area contributed by atoms with Gasteiger partial charge in [0.05, 0.1) is 0 Å². The summed E-state index contributed by atoms with van der Waals surface area (Å²) in [7, 11) is 2.16. The minimum Gasteiger partial charge on any atom is -0.310 e. The summed E-state index contributed by atoms with van der Waals surface area (Å²) in [6, 6.07) is 6.21. The molecule has 2 rings (SSSR count). The molecule has 2 atom stereocenters. The number of hydrogen-bond acceptors (Lipinski definition) is 2. The first-order valence-corrected chi connectivity index (χ1v) is 7.23. The van der Waals surface area contributed by atoms with E-state index in [0.717, 1.165) is 29.4 Å². The molecular formula is C14H20BrFN2. The highest BCUT2D eigenvalue weighted by atomic mass is 79.9. The summed E-state index contributed by atoms with van der Waals surface area (Å²) in [4.78, 5) is 2.37.